The molecule has 2 aromatic rings. The Morgan fingerprint density at radius 3 is 2.24 bits per heavy atom. The lowest BCUT2D eigenvalue weighted by Crippen LogP contribution is -2.38. The Hall–Kier alpha value is -2.71. The van der Waals surface area contributed by atoms with Crippen molar-refractivity contribution in [2.45, 2.75) is 62.8 Å². The van der Waals surface area contributed by atoms with Gasteiger partial charge >= 0.3 is 0 Å². The summed E-state index contributed by atoms with van der Waals surface area (Å²) in [6.45, 7) is 3.32. The zero-order valence-corrected chi connectivity index (χ0v) is 20.7. The predicted molar refractivity (Wildman–Crippen MR) is 133 cm³/mol. The van der Waals surface area contributed by atoms with E-state index >= 15 is 0 Å². The van der Waals surface area contributed by atoms with Gasteiger partial charge in [0, 0.05) is 31.7 Å². The number of hydrogen-bond acceptors (Lipinski definition) is 4. The molecule has 0 aromatic heterocycles. The average molecular weight is 484 g/mol. The van der Waals surface area contributed by atoms with Crippen LogP contribution >= 0.6 is 0 Å². The minimum absolute atomic E-state index is 0.0228. The highest BCUT2D eigenvalue weighted by atomic mass is 32.2. The van der Waals surface area contributed by atoms with Gasteiger partial charge in [0.2, 0.25) is 10.0 Å². The van der Waals surface area contributed by atoms with Gasteiger partial charge in [-0.15, -0.1) is 0 Å². The Kier molecular flexibility index (Phi) is 7.38. The Bertz CT molecular complexity index is 1150. The second kappa shape index (κ2) is 10.3. The van der Waals surface area contributed by atoms with Gasteiger partial charge in [-0.3, -0.25) is 9.59 Å². The molecule has 0 spiro atoms. The van der Waals surface area contributed by atoms with Gasteiger partial charge in [0.25, 0.3) is 11.8 Å². The lowest BCUT2D eigenvalue weighted by molar-refractivity contribution is 0.0793. The molecule has 182 valence electrons. The van der Waals surface area contributed by atoms with Crippen molar-refractivity contribution in [1.29, 1.82) is 0 Å². The van der Waals surface area contributed by atoms with E-state index in [1.165, 1.54) is 28.6 Å². The molecule has 7 nitrogen and oxygen atoms in total. The smallest absolute Gasteiger partial charge is 0.256 e. The maximum absolute atomic E-state index is 13.1. The normalized spacial score (nSPS) is 17.2. The minimum atomic E-state index is -3.62. The van der Waals surface area contributed by atoms with E-state index < -0.39 is 10.0 Å². The van der Waals surface area contributed by atoms with E-state index in [2.05, 4.69) is 5.32 Å². The maximum Gasteiger partial charge on any atom is 0.256 e. The fourth-order valence-corrected chi connectivity index (χ4v) is 6.33. The summed E-state index contributed by atoms with van der Waals surface area (Å²) in [4.78, 5) is 28.0. The standard InChI is InChI=1S/C26H33N3O4S/c1-19-9-8-12-23(24(19)26(31)29-17-6-7-18-29)27-25(30)20-13-15-22(16-14-20)34(32,33)28(2)21-10-4-3-5-11-21/h8-9,12-16,21H,3-7,10-11,17-18H2,1-2H3,(H,27,30). The van der Waals surface area contributed by atoms with E-state index in [9.17, 15) is 18.0 Å². The Labute approximate surface area is 202 Å². The number of carbonyl (C=O) groups excluding carboxylic acids is 2. The Morgan fingerprint density at radius 2 is 1.59 bits per heavy atom. The first kappa shape index (κ1) is 24.4. The summed E-state index contributed by atoms with van der Waals surface area (Å²) >= 11 is 0. The third kappa shape index (κ3) is 5.03. The van der Waals surface area contributed by atoms with Gasteiger partial charge in [0.1, 0.15) is 0 Å². The highest BCUT2D eigenvalue weighted by Crippen LogP contribution is 2.27. The SMILES string of the molecule is Cc1cccc(NC(=O)c2ccc(S(=O)(=O)N(C)C3CCCCC3)cc2)c1C(=O)N1CCCC1. The topological polar surface area (TPSA) is 86.8 Å². The van der Waals surface area contributed by atoms with Crippen LogP contribution in [0.25, 0.3) is 0 Å². The molecule has 2 fully saturated rings. The van der Waals surface area contributed by atoms with Gasteiger partial charge < -0.3 is 10.2 Å². The first-order chi connectivity index (χ1) is 16.3. The molecule has 1 saturated heterocycles. The molecule has 0 radical (unpaired) electrons. The Balaban J connectivity index is 1.51. The van der Waals surface area contributed by atoms with Crippen LogP contribution in [0.15, 0.2) is 47.4 Å². The summed E-state index contributed by atoms with van der Waals surface area (Å²) in [5.41, 5.74) is 2.11. The van der Waals surface area contributed by atoms with Crippen molar-refractivity contribution in [3.05, 3.63) is 59.2 Å². The molecule has 0 atom stereocenters. The molecule has 4 rings (SSSR count). The van der Waals surface area contributed by atoms with Crippen LogP contribution in [0, 0.1) is 6.92 Å². The zero-order chi connectivity index (χ0) is 24.3. The summed E-state index contributed by atoms with van der Waals surface area (Å²) in [7, 11) is -1.98. The first-order valence-corrected chi connectivity index (χ1v) is 13.5. The molecule has 1 saturated carbocycles. The number of nitrogens with one attached hydrogen (secondary N) is 1. The van der Waals surface area contributed by atoms with Gasteiger partial charge in [-0.25, -0.2) is 8.42 Å². The lowest BCUT2D eigenvalue weighted by Gasteiger charge is -2.30. The predicted octanol–water partition coefficient (Wildman–Crippen LogP) is 4.44. The molecule has 1 aliphatic carbocycles. The monoisotopic (exact) mass is 483 g/mol. The molecular weight excluding hydrogens is 450 g/mol. The fourth-order valence-electron chi connectivity index (χ4n) is 4.91. The number of nitrogens with zero attached hydrogens (tertiary/aromatic N) is 2. The van der Waals surface area contributed by atoms with Crippen LogP contribution in [0.4, 0.5) is 5.69 Å². The van der Waals surface area contributed by atoms with Crippen molar-refractivity contribution in [3.8, 4) is 0 Å². The second-order valence-electron chi connectivity index (χ2n) is 9.29. The van der Waals surface area contributed by atoms with E-state index in [-0.39, 0.29) is 22.8 Å². The zero-order valence-electron chi connectivity index (χ0n) is 19.9. The largest absolute Gasteiger partial charge is 0.339 e. The number of anilines is 1. The summed E-state index contributed by atoms with van der Waals surface area (Å²) in [5.74, 6) is -0.455. The van der Waals surface area contributed by atoms with Gasteiger partial charge in [0.15, 0.2) is 0 Å². The molecular formula is C26H33N3O4S. The van der Waals surface area contributed by atoms with Crippen molar-refractivity contribution in [1.82, 2.24) is 9.21 Å². The van der Waals surface area contributed by atoms with Crippen LogP contribution in [0.2, 0.25) is 0 Å². The summed E-state index contributed by atoms with van der Waals surface area (Å²) < 4.78 is 27.6. The third-order valence-electron chi connectivity index (χ3n) is 7.01. The van der Waals surface area contributed by atoms with Crippen molar-refractivity contribution >= 4 is 27.5 Å². The number of carbonyl (C=O) groups is 2. The number of sulfonamides is 1. The summed E-state index contributed by atoms with van der Waals surface area (Å²) in [5, 5.41) is 2.86. The van der Waals surface area contributed by atoms with Gasteiger partial charge in [-0.1, -0.05) is 31.4 Å². The first-order valence-electron chi connectivity index (χ1n) is 12.1. The summed E-state index contributed by atoms with van der Waals surface area (Å²) in [6.07, 6.45) is 6.99. The molecule has 8 heteroatoms. The number of benzene rings is 2. The number of hydrogen-bond donors (Lipinski definition) is 1. The van der Waals surface area contributed by atoms with E-state index in [0.717, 1.165) is 63.6 Å². The van der Waals surface area contributed by atoms with Crippen molar-refractivity contribution in [2.24, 2.45) is 0 Å². The quantitative estimate of drug-likeness (QED) is 0.658. The lowest BCUT2D eigenvalue weighted by atomic mass is 9.96. The highest BCUT2D eigenvalue weighted by Gasteiger charge is 2.29. The van der Waals surface area contributed by atoms with Crippen LogP contribution in [0.5, 0.6) is 0 Å². The fraction of sp³-hybridized carbons (Fsp3) is 0.462. The van der Waals surface area contributed by atoms with E-state index in [1.54, 1.807) is 13.1 Å². The molecule has 2 aliphatic rings. The van der Waals surface area contributed by atoms with Gasteiger partial charge in [-0.2, -0.15) is 4.31 Å². The second-order valence-corrected chi connectivity index (χ2v) is 11.3. The van der Waals surface area contributed by atoms with Gasteiger partial charge in [-0.05, 0) is 68.5 Å². The maximum atomic E-state index is 13.1. The molecule has 2 aromatic carbocycles. The van der Waals surface area contributed by atoms with Crippen LogP contribution < -0.4 is 5.32 Å². The van der Waals surface area contributed by atoms with Crippen LogP contribution in [0.1, 0.15) is 71.2 Å². The van der Waals surface area contributed by atoms with E-state index in [1.807, 2.05) is 24.0 Å². The van der Waals surface area contributed by atoms with Crippen molar-refractivity contribution < 1.29 is 18.0 Å². The number of amides is 2. The molecule has 1 N–H and O–H groups in total. The molecule has 2 amide bonds. The minimum Gasteiger partial charge on any atom is -0.339 e. The summed E-state index contributed by atoms with van der Waals surface area (Å²) in [6, 6.07) is 11.4. The van der Waals surface area contributed by atoms with Crippen molar-refractivity contribution in [2.75, 3.05) is 25.5 Å². The van der Waals surface area contributed by atoms with Crippen LogP contribution in [-0.2, 0) is 10.0 Å². The number of aryl methyl sites for hydroxylation is 1. The Morgan fingerprint density at radius 1 is 0.941 bits per heavy atom. The number of rotatable bonds is 6. The molecule has 0 bridgehead atoms. The molecule has 1 heterocycles. The van der Waals surface area contributed by atoms with Crippen molar-refractivity contribution in [3.63, 3.8) is 0 Å². The van der Waals surface area contributed by atoms with Crippen LogP contribution in [-0.4, -0.2) is 55.6 Å². The number of likely N-dealkylation sites (tertiary alicyclic amines) is 1. The van der Waals surface area contributed by atoms with Crippen LogP contribution in [0.3, 0.4) is 0 Å². The molecule has 1 aliphatic heterocycles. The van der Waals surface area contributed by atoms with E-state index in [4.69, 9.17) is 0 Å². The van der Waals surface area contributed by atoms with E-state index in [0.29, 0.717) is 16.8 Å². The third-order valence-corrected chi connectivity index (χ3v) is 8.93. The highest BCUT2D eigenvalue weighted by molar-refractivity contribution is 7.89. The average Bonchev–Trinajstić information content (AvgIpc) is 3.39. The molecule has 34 heavy (non-hydrogen) atoms. The molecule has 0 unspecified atom stereocenters. The van der Waals surface area contributed by atoms with Gasteiger partial charge in [0.05, 0.1) is 16.1 Å².